The summed E-state index contributed by atoms with van der Waals surface area (Å²) >= 11 is 5.49. The molecule has 1 N–H and O–H groups in total. The van der Waals surface area contributed by atoms with Crippen LogP contribution in [0, 0.1) is 0 Å². The maximum Gasteiger partial charge on any atom is 0.130 e. The molecular weight excluding hydrogens is 330 g/mol. The highest BCUT2D eigenvalue weighted by molar-refractivity contribution is 8.16. The minimum Gasteiger partial charge on any atom is -0.507 e. The molecule has 1 aliphatic rings. The second-order valence-electron chi connectivity index (χ2n) is 5.16. The van der Waals surface area contributed by atoms with E-state index >= 15 is 0 Å². The second-order valence-corrected chi connectivity index (χ2v) is 8.91. The molecule has 0 aliphatic carbocycles. The van der Waals surface area contributed by atoms with Crippen LogP contribution in [0.5, 0.6) is 5.75 Å². The van der Waals surface area contributed by atoms with E-state index < -0.39 is 0 Å². The lowest BCUT2D eigenvalue weighted by Crippen LogP contribution is -2.00. The molecule has 2 nitrogen and oxygen atoms in total. The molecule has 5 heteroatoms. The lowest BCUT2D eigenvalue weighted by Gasteiger charge is -2.22. The van der Waals surface area contributed by atoms with Crippen LogP contribution in [0.3, 0.4) is 0 Å². The molecule has 0 amide bonds. The average Bonchev–Trinajstić information content (AvgIpc) is 2.99. The van der Waals surface area contributed by atoms with Gasteiger partial charge in [0.15, 0.2) is 0 Å². The van der Waals surface area contributed by atoms with Crippen molar-refractivity contribution in [2.45, 2.75) is 11.0 Å². The van der Waals surface area contributed by atoms with Crippen molar-refractivity contribution in [1.82, 2.24) is 4.98 Å². The fraction of sp³-hybridized carbons (Fsp3) is 0.235. The quantitative estimate of drug-likeness (QED) is 0.661. The summed E-state index contributed by atoms with van der Waals surface area (Å²) < 4.78 is 1.49. The first-order valence-corrected chi connectivity index (χ1v) is 10.2. The molecule has 1 aliphatic heterocycles. The van der Waals surface area contributed by atoms with Gasteiger partial charge >= 0.3 is 0 Å². The topological polar surface area (TPSA) is 33.1 Å². The fourth-order valence-corrected chi connectivity index (χ4v) is 6.51. The van der Waals surface area contributed by atoms with Gasteiger partial charge < -0.3 is 5.11 Å². The van der Waals surface area contributed by atoms with Crippen molar-refractivity contribution < 1.29 is 5.11 Å². The number of thioether (sulfide) groups is 2. The number of phenols is 1. The number of phenolic OH excluding ortho intramolecular Hbond substituents is 1. The van der Waals surface area contributed by atoms with Crippen LogP contribution in [0.4, 0.5) is 0 Å². The molecule has 4 rings (SSSR count). The normalized spacial score (nSPS) is 16.2. The SMILES string of the molecule is Oc1c(-c2nc3ccccc3s2)cccc1C1SCCCS1. The Kier molecular flexibility index (Phi) is 4.03. The molecule has 0 radical (unpaired) electrons. The van der Waals surface area contributed by atoms with Crippen molar-refractivity contribution in [2.24, 2.45) is 0 Å². The van der Waals surface area contributed by atoms with Crippen LogP contribution in [0.2, 0.25) is 0 Å². The molecule has 0 unspecified atom stereocenters. The van der Waals surface area contributed by atoms with Crippen LogP contribution in [0.1, 0.15) is 16.6 Å². The van der Waals surface area contributed by atoms with E-state index in [9.17, 15) is 5.11 Å². The molecule has 22 heavy (non-hydrogen) atoms. The third kappa shape index (κ3) is 2.62. The van der Waals surface area contributed by atoms with Crippen LogP contribution < -0.4 is 0 Å². The first kappa shape index (κ1) is 14.4. The van der Waals surface area contributed by atoms with Gasteiger partial charge in [0, 0.05) is 5.56 Å². The van der Waals surface area contributed by atoms with Gasteiger partial charge in [-0.15, -0.1) is 34.9 Å². The lowest BCUT2D eigenvalue weighted by molar-refractivity contribution is 0.472. The summed E-state index contributed by atoms with van der Waals surface area (Å²) in [5.74, 6) is 2.73. The molecule has 112 valence electrons. The Bertz CT molecular complexity index is 776. The number of nitrogens with zero attached hydrogens (tertiary/aromatic N) is 1. The van der Waals surface area contributed by atoms with E-state index in [1.54, 1.807) is 11.3 Å². The van der Waals surface area contributed by atoms with Crippen LogP contribution in [-0.4, -0.2) is 21.6 Å². The number of thiazole rings is 1. The molecule has 0 saturated carbocycles. The summed E-state index contributed by atoms with van der Waals surface area (Å²) in [6.07, 6.45) is 1.25. The number of hydrogen-bond acceptors (Lipinski definition) is 5. The number of aromatic nitrogens is 1. The monoisotopic (exact) mass is 345 g/mol. The Morgan fingerprint density at radius 2 is 1.82 bits per heavy atom. The predicted molar refractivity (Wildman–Crippen MR) is 99.0 cm³/mol. The highest BCUT2D eigenvalue weighted by Crippen LogP contribution is 2.49. The Morgan fingerprint density at radius 1 is 1.00 bits per heavy atom. The highest BCUT2D eigenvalue weighted by Gasteiger charge is 2.22. The maximum atomic E-state index is 10.8. The van der Waals surface area contributed by atoms with E-state index in [0.29, 0.717) is 10.3 Å². The summed E-state index contributed by atoms with van der Waals surface area (Å²) in [6.45, 7) is 0. The van der Waals surface area contributed by atoms with Crippen LogP contribution >= 0.6 is 34.9 Å². The Labute approximate surface area is 142 Å². The minimum atomic E-state index is 0.336. The number of benzene rings is 2. The van der Waals surface area contributed by atoms with E-state index in [4.69, 9.17) is 0 Å². The van der Waals surface area contributed by atoms with Gasteiger partial charge in [-0.2, -0.15) is 0 Å². The number of aromatic hydroxyl groups is 1. The fourth-order valence-electron chi connectivity index (χ4n) is 2.58. The Morgan fingerprint density at radius 3 is 2.64 bits per heavy atom. The zero-order chi connectivity index (χ0) is 14.9. The third-order valence-corrected chi connectivity index (χ3v) is 7.72. The lowest BCUT2D eigenvalue weighted by atomic mass is 10.1. The van der Waals surface area contributed by atoms with Gasteiger partial charge in [0.1, 0.15) is 10.8 Å². The van der Waals surface area contributed by atoms with Gasteiger partial charge in [-0.25, -0.2) is 4.98 Å². The summed E-state index contributed by atoms with van der Waals surface area (Å²) in [7, 11) is 0. The van der Waals surface area contributed by atoms with Gasteiger partial charge in [-0.05, 0) is 36.1 Å². The molecule has 3 aromatic rings. The number of hydrogen-bond donors (Lipinski definition) is 1. The van der Waals surface area contributed by atoms with Crippen LogP contribution in [0.25, 0.3) is 20.8 Å². The molecule has 1 fully saturated rings. The third-order valence-electron chi connectivity index (χ3n) is 3.67. The Balaban J connectivity index is 1.78. The average molecular weight is 346 g/mol. The van der Waals surface area contributed by atoms with E-state index in [0.717, 1.165) is 26.4 Å². The van der Waals surface area contributed by atoms with Crippen molar-refractivity contribution in [1.29, 1.82) is 0 Å². The highest BCUT2D eigenvalue weighted by atomic mass is 32.2. The molecule has 0 bridgehead atoms. The van der Waals surface area contributed by atoms with Gasteiger partial charge in [0.05, 0.1) is 20.4 Å². The van der Waals surface area contributed by atoms with Crippen LogP contribution in [0.15, 0.2) is 42.5 Å². The number of fused-ring (bicyclic) bond motifs is 1. The molecule has 0 spiro atoms. The number of para-hydroxylation sites is 2. The first-order valence-electron chi connectivity index (χ1n) is 7.24. The predicted octanol–water partition coefficient (Wildman–Crippen LogP) is 5.54. The molecule has 1 aromatic heterocycles. The minimum absolute atomic E-state index is 0.336. The van der Waals surface area contributed by atoms with Gasteiger partial charge in [0.25, 0.3) is 0 Å². The summed E-state index contributed by atoms with van der Waals surface area (Å²) in [5.41, 5.74) is 2.88. The molecule has 2 heterocycles. The van der Waals surface area contributed by atoms with Crippen molar-refractivity contribution in [3.05, 3.63) is 48.0 Å². The van der Waals surface area contributed by atoms with Gasteiger partial charge in [-0.3, -0.25) is 0 Å². The van der Waals surface area contributed by atoms with E-state index in [-0.39, 0.29) is 0 Å². The first-order chi connectivity index (χ1) is 10.8. The molecular formula is C17H15NOS3. The van der Waals surface area contributed by atoms with Crippen molar-refractivity contribution >= 4 is 45.1 Å². The van der Waals surface area contributed by atoms with Gasteiger partial charge in [0.2, 0.25) is 0 Å². The Hall–Kier alpha value is -1.17. The van der Waals surface area contributed by atoms with Gasteiger partial charge in [-0.1, -0.05) is 24.3 Å². The molecule has 2 aromatic carbocycles. The molecule has 0 atom stereocenters. The van der Waals surface area contributed by atoms with E-state index in [1.807, 2.05) is 59.9 Å². The maximum absolute atomic E-state index is 10.8. The van der Waals surface area contributed by atoms with Crippen molar-refractivity contribution in [2.75, 3.05) is 11.5 Å². The van der Waals surface area contributed by atoms with Crippen LogP contribution in [-0.2, 0) is 0 Å². The number of rotatable bonds is 2. The zero-order valence-electron chi connectivity index (χ0n) is 11.9. The largest absolute Gasteiger partial charge is 0.507 e. The van der Waals surface area contributed by atoms with E-state index in [2.05, 4.69) is 11.1 Å². The summed E-state index contributed by atoms with van der Waals surface area (Å²) in [5, 5.41) is 11.7. The summed E-state index contributed by atoms with van der Waals surface area (Å²) in [4.78, 5) is 4.67. The van der Waals surface area contributed by atoms with Crippen molar-refractivity contribution in [3.63, 3.8) is 0 Å². The van der Waals surface area contributed by atoms with E-state index in [1.165, 1.54) is 17.9 Å². The smallest absolute Gasteiger partial charge is 0.130 e. The summed E-state index contributed by atoms with van der Waals surface area (Å²) in [6, 6.07) is 14.2. The standard InChI is InChI=1S/C17H15NOS3/c19-15-11(16-18-13-7-1-2-8-14(13)22-16)5-3-6-12(15)17-20-9-4-10-21-17/h1-3,5-8,17,19H,4,9-10H2. The van der Waals surface area contributed by atoms with Crippen molar-refractivity contribution in [3.8, 4) is 16.3 Å². The zero-order valence-corrected chi connectivity index (χ0v) is 14.3. The second kappa shape index (κ2) is 6.14. The molecule has 1 saturated heterocycles.